The van der Waals surface area contributed by atoms with Gasteiger partial charge in [0.25, 0.3) is 0 Å². The molecule has 0 radical (unpaired) electrons. The predicted molar refractivity (Wildman–Crippen MR) is 48.9 cm³/mol. The van der Waals surface area contributed by atoms with E-state index in [1.54, 1.807) is 19.1 Å². The maximum absolute atomic E-state index is 9.99. The van der Waals surface area contributed by atoms with Crippen LogP contribution in [0, 0.1) is 17.0 Å². The third-order valence-electron chi connectivity index (χ3n) is 1.61. The fourth-order valence-corrected chi connectivity index (χ4v) is 0.929. The Balaban J connectivity index is 2.92. The fraction of sp³-hybridized carbons (Fsp3) is 0.111. The van der Waals surface area contributed by atoms with Gasteiger partial charge in [0.05, 0.1) is 4.92 Å². The van der Waals surface area contributed by atoms with Gasteiger partial charge in [-0.3, -0.25) is 10.1 Å². The number of nitrogens with zero attached hydrogens (tertiary/aromatic N) is 1. The molecular weight excluding hydrogens is 170 g/mol. The third kappa shape index (κ3) is 2.59. The molecule has 0 unspecified atom stereocenters. The van der Waals surface area contributed by atoms with E-state index in [0.717, 1.165) is 6.20 Å². The quantitative estimate of drug-likeness (QED) is 0.557. The van der Waals surface area contributed by atoms with Gasteiger partial charge in [-0.05, 0) is 30.2 Å². The smallest absolute Gasteiger partial charge is 0.235 e. The monoisotopic (exact) mass is 179 g/mol. The molecule has 4 nitrogen and oxygen atoms in total. The van der Waals surface area contributed by atoms with Crippen LogP contribution >= 0.6 is 0 Å². The molecule has 0 amide bonds. The third-order valence-corrected chi connectivity index (χ3v) is 1.61. The highest BCUT2D eigenvalue weighted by Crippen LogP contribution is 2.17. The Bertz CT molecular complexity index is 358. The highest BCUT2D eigenvalue weighted by atomic mass is 16.6. The van der Waals surface area contributed by atoms with E-state index < -0.39 is 4.92 Å². The van der Waals surface area contributed by atoms with Crippen LogP contribution in [0.5, 0.6) is 5.75 Å². The first-order valence-corrected chi connectivity index (χ1v) is 3.71. The SMILES string of the molecule is Cc1cc(/C=C/[N+](=O)[O-])ccc1O. The van der Waals surface area contributed by atoms with Crippen LogP contribution in [0.1, 0.15) is 11.1 Å². The first-order valence-electron chi connectivity index (χ1n) is 3.71. The summed E-state index contributed by atoms with van der Waals surface area (Å²) in [5.74, 6) is 0.193. The topological polar surface area (TPSA) is 63.4 Å². The minimum Gasteiger partial charge on any atom is -0.508 e. The van der Waals surface area contributed by atoms with Crippen molar-refractivity contribution in [3.8, 4) is 5.75 Å². The number of rotatable bonds is 2. The van der Waals surface area contributed by atoms with E-state index in [4.69, 9.17) is 5.11 Å². The Morgan fingerprint density at radius 2 is 2.23 bits per heavy atom. The molecule has 1 aromatic carbocycles. The molecule has 0 aliphatic heterocycles. The number of phenolic OH excluding ortho intramolecular Hbond substituents is 1. The zero-order valence-electron chi connectivity index (χ0n) is 7.10. The van der Waals surface area contributed by atoms with Gasteiger partial charge >= 0.3 is 0 Å². The van der Waals surface area contributed by atoms with Crippen LogP contribution in [0.25, 0.3) is 6.08 Å². The van der Waals surface area contributed by atoms with Crippen LogP contribution in [-0.4, -0.2) is 10.0 Å². The summed E-state index contributed by atoms with van der Waals surface area (Å²) in [4.78, 5) is 9.47. The first kappa shape index (κ1) is 9.25. The molecule has 4 heteroatoms. The number of hydrogen-bond acceptors (Lipinski definition) is 3. The molecule has 1 N–H and O–H groups in total. The van der Waals surface area contributed by atoms with Crippen molar-refractivity contribution < 1.29 is 10.0 Å². The van der Waals surface area contributed by atoms with E-state index in [2.05, 4.69) is 0 Å². The summed E-state index contributed by atoms with van der Waals surface area (Å²) < 4.78 is 0. The molecule has 1 rings (SSSR count). The van der Waals surface area contributed by atoms with Crippen LogP contribution in [0.2, 0.25) is 0 Å². The van der Waals surface area contributed by atoms with E-state index in [9.17, 15) is 10.1 Å². The van der Waals surface area contributed by atoms with Crippen molar-refractivity contribution in [1.29, 1.82) is 0 Å². The highest BCUT2D eigenvalue weighted by molar-refractivity contribution is 5.51. The van der Waals surface area contributed by atoms with Gasteiger partial charge in [-0.25, -0.2) is 0 Å². The van der Waals surface area contributed by atoms with Crippen LogP contribution in [-0.2, 0) is 0 Å². The van der Waals surface area contributed by atoms with Gasteiger partial charge in [0, 0.05) is 6.08 Å². The molecule has 0 heterocycles. The maximum Gasteiger partial charge on any atom is 0.235 e. The molecular formula is C9H9NO3. The fourth-order valence-electron chi connectivity index (χ4n) is 0.929. The van der Waals surface area contributed by atoms with Gasteiger partial charge in [0.1, 0.15) is 5.75 Å². The standard InChI is InChI=1S/C9H9NO3/c1-7-6-8(2-3-9(7)11)4-5-10(12)13/h2-6,11H,1H3/b5-4+. The van der Waals surface area contributed by atoms with Crippen LogP contribution < -0.4 is 0 Å². The number of aryl methyl sites for hydroxylation is 1. The molecule has 1 aromatic rings. The summed E-state index contributed by atoms with van der Waals surface area (Å²) in [6.07, 6.45) is 2.25. The summed E-state index contributed by atoms with van der Waals surface area (Å²) in [5.41, 5.74) is 1.40. The van der Waals surface area contributed by atoms with Crippen molar-refractivity contribution in [2.45, 2.75) is 6.92 Å². The molecule has 0 aliphatic rings. The lowest BCUT2D eigenvalue weighted by molar-refractivity contribution is -0.400. The van der Waals surface area contributed by atoms with E-state index >= 15 is 0 Å². The average Bonchev–Trinajstić information content (AvgIpc) is 2.07. The second kappa shape index (κ2) is 3.71. The van der Waals surface area contributed by atoms with Gasteiger partial charge < -0.3 is 5.11 Å². The average molecular weight is 179 g/mol. The summed E-state index contributed by atoms with van der Waals surface area (Å²) >= 11 is 0. The number of hydrogen-bond donors (Lipinski definition) is 1. The number of aromatic hydroxyl groups is 1. The normalized spacial score (nSPS) is 10.5. The molecule has 68 valence electrons. The number of benzene rings is 1. The highest BCUT2D eigenvalue weighted by Gasteiger charge is 1.96. The summed E-state index contributed by atoms with van der Waals surface area (Å²) in [6.45, 7) is 1.73. The van der Waals surface area contributed by atoms with Crippen LogP contribution in [0.4, 0.5) is 0 Å². The second-order valence-electron chi connectivity index (χ2n) is 2.65. The lowest BCUT2D eigenvalue weighted by Crippen LogP contribution is -1.83. The van der Waals surface area contributed by atoms with Gasteiger partial charge in [-0.1, -0.05) is 6.07 Å². The van der Waals surface area contributed by atoms with Gasteiger partial charge in [0.2, 0.25) is 6.20 Å². The van der Waals surface area contributed by atoms with E-state index in [-0.39, 0.29) is 5.75 Å². The molecule has 0 bridgehead atoms. The largest absolute Gasteiger partial charge is 0.508 e. The van der Waals surface area contributed by atoms with Crippen molar-refractivity contribution in [1.82, 2.24) is 0 Å². The Morgan fingerprint density at radius 3 is 2.77 bits per heavy atom. The summed E-state index contributed by atoms with van der Waals surface area (Å²) in [7, 11) is 0. The molecule has 0 aliphatic carbocycles. The molecule has 0 saturated heterocycles. The summed E-state index contributed by atoms with van der Waals surface area (Å²) in [6, 6.07) is 4.80. The van der Waals surface area contributed by atoms with E-state index in [1.165, 1.54) is 12.1 Å². The molecule has 0 aromatic heterocycles. The van der Waals surface area contributed by atoms with E-state index in [0.29, 0.717) is 11.1 Å². The first-order chi connectivity index (χ1) is 6.09. The van der Waals surface area contributed by atoms with Gasteiger partial charge in [-0.15, -0.1) is 0 Å². The summed E-state index contributed by atoms with van der Waals surface area (Å²) in [5, 5.41) is 19.2. The number of nitro groups is 1. The van der Waals surface area contributed by atoms with Crippen molar-refractivity contribution in [2.75, 3.05) is 0 Å². The van der Waals surface area contributed by atoms with Gasteiger partial charge in [0.15, 0.2) is 0 Å². The molecule has 0 fully saturated rings. The van der Waals surface area contributed by atoms with Crippen LogP contribution in [0.3, 0.4) is 0 Å². The Kier molecular flexibility index (Phi) is 2.64. The van der Waals surface area contributed by atoms with Gasteiger partial charge in [-0.2, -0.15) is 0 Å². The van der Waals surface area contributed by atoms with Crippen molar-refractivity contribution >= 4 is 6.08 Å². The maximum atomic E-state index is 9.99. The Hall–Kier alpha value is -1.84. The zero-order chi connectivity index (χ0) is 9.84. The minimum absolute atomic E-state index is 0.193. The zero-order valence-corrected chi connectivity index (χ0v) is 7.10. The Morgan fingerprint density at radius 1 is 1.54 bits per heavy atom. The lowest BCUT2D eigenvalue weighted by atomic mass is 10.1. The van der Waals surface area contributed by atoms with Crippen molar-refractivity contribution in [2.24, 2.45) is 0 Å². The minimum atomic E-state index is -0.526. The second-order valence-corrected chi connectivity index (χ2v) is 2.65. The molecule has 0 atom stereocenters. The number of phenols is 1. The molecule has 13 heavy (non-hydrogen) atoms. The van der Waals surface area contributed by atoms with E-state index in [1.807, 2.05) is 0 Å². The lowest BCUT2D eigenvalue weighted by Gasteiger charge is -1.98. The van der Waals surface area contributed by atoms with Crippen LogP contribution in [0.15, 0.2) is 24.4 Å². The van der Waals surface area contributed by atoms with Crippen molar-refractivity contribution in [3.05, 3.63) is 45.6 Å². The predicted octanol–water partition coefficient (Wildman–Crippen LogP) is 1.95. The molecule has 0 spiro atoms. The molecule has 0 saturated carbocycles. The Labute approximate surface area is 75.3 Å². The van der Waals surface area contributed by atoms with Crippen molar-refractivity contribution in [3.63, 3.8) is 0 Å².